The Labute approximate surface area is 82.4 Å². The van der Waals surface area contributed by atoms with Crippen LogP contribution in [-0.2, 0) is 4.79 Å². The molecule has 0 aliphatic heterocycles. The molecule has 0 spiro atoms. The zero-order chi connectivity index (χ0) is 10.7. The van der Waals surface area contributed by atoms with Crippen LogP contribution in [0, 0.1) is 12.7 Å². The number of benzene rings is 1. The molecule has 0 amide bonds. The SMILES string of the molecule is Cc1ccc(C(C)CC(=O)O)c(F)c1. The summed E-state index contributed by atoms with van der Waals surface area (Å²) in [5.74, 6) is -1.51. The second-order valence-corrected chi connectivity index (χ2v) is 3.52. The normalized spacial score (nSPS) is 12.5. The molecule has 76 valence electrons. The molecular formula is C11H13FO2. The van der Waals surface area contributed by atoms with Gasteiger partial charge in [-0.25, -0.2) is 4.39 Å². The molecule has 0 bridgehead atoms. The number of hydrogen-bond acceptors (Lipinski definition) is 1. The van der Waals surface area contributed by atoms with Crippen LogP contribution in [-0.4, -0.2) is 11.1 Å². The minimum atomic E-state index is -0.905. The zero-order valence-corrected chi connectivity index (χ0v) is 8.25. The second-order valence-electron chi connectivity index (χ2n) is 3.52. The van der Waals surface area contributed by atoms with Crippen molar-refractivity contribution in [2.45, 2.75) is 26.2 Å². The first kappa shape index (κ1) is 10.7. The summed E-state index contributed by atoms with van der Waals surface area (Å²) in [5, 5.41) is 8.57. The van der Waals surface area contributed by atoms with Crippen molar-refractivity contribution in [3.8, 4) is 0 Å². The molecule has 0 aliphatic rings. The molecule has 14 heavy (non-hydrogen) atoms. The second kappa shape index (κ2) is 4.22. The Bertz CT molecular complexity index is 347. The summed E-state index contributed by atoms with van der Waals surface area (Å²) >= 11 is 0. The summed E-state index contributed by atoms with van der Waals surface area (Å²) in [4.78, 5) is 10.4. The summed E-state index contributed by atoms with van der Waals surface area (Å²) < 4.78 is 13.4. The van der Waals surface area contributed by atoms with E-state index in [1.807, 2.05) is 0 Å². The van der Waals surface area contributed by atoms with Gasteiger partial charge in [-0.2, -0.15) is 0 Å². The van der Waals surface area contributed by atoms with Crippen molar-refractivity contribution in [2.24, 2.45) is 0 Å². The van der Waals surface area contributed by atoms with Crippen LogP contribution in [0.1, 0.15) is 30.4 Å². The molecule has 2 nitrogen and oxygen atoms in total. The van der Waals surface area contributed by atoms with Gasteiger partial charge in [0.1, 0.15) is 5.82 Å². The van der Waals surface area contributed by atoms with Gasteiger partial charge in [0.2, 0.25) is 0 Å². The van der Waals surface area contributed by atoms with Crippen LogP contribution in [0.25, 0.3) is 0 Å². The van der Waals surface area contributed by atoms with Gasteiger partial charge in [-0.3, -0.25) is 4.79 Å². The third-order valence-corrected chi connectivity index (χ3v) is 2.17. The standard InChI is InChI=1S/C11H13FO2/c1-7-3-4-9(10(12)5-7)8(2)6-11(13)14/h3-5,8H,6H2,1-2H3,(H,13,14). The zero-order valence-electron chi connectivity index (χ0n) is 8.25. The molecule has 0 aliphatic carbocycles. The molecule has 1 rings (SSSR count). The highest BCUT2D eigenvalue weighted by Crippen LogP contribution is 2.22. The number of carboxylic acid groups (broad SMARTS) is 1. The van der Waals surface area contributed by atoms with Gasteiger partial charge in [-0.1, -0.05) is 19.1 Å². The topological polar surface area (TPSA) is 37.3 Å². The predicted molar refractivity (Wildman–Crippen MR) is 51.8 cm³/mol. The Balaban J connectivity index is 2.90. The number of carboxylic acids is 1. The summed E-state index contributed by atoms with van der Waals surface area (Å²) in [5.41, 5.74) is 1.31. The molecule has 0 radical (unpaired) electrons. The maximum atomic E-state index is 13.4. The fourth-order valence-electron chi connectivity index (χ4n) is 1.40. The Hall–Kier alpha value is -1.38. The average molecular weight is 196 g/mol. The molecule has 3 heteroatoms. The van der Waals surface area contributed by atoms with Crippen molar-refractivity contribution in [3.63, 3.8) is 0 Å². The largest absolute Gasteiger partial charge is 0.481 e. The monoisotopic (exact) mass is 196 g/mol. The van der Waals surface area contributed by atoms with Crippen LogP contribution in [0.3, 0.4) is 0 Å². The molecular weight excluding hydrogens is 183 g/mol. The molecule has 1 N–H and O–H groups in total. The van der Waals surface area contributed by atoms with Gasteiger partial charge >= 0.3 is 5.97 Å². The molecule has 1 aromatic carbocycles. The van der Waals surface area contributed by atoms with Crippen LogP contribution in [0.4, 0.5) is 4.39 Å². The first-order chi connectivity index (χ1) is 6.50. The van der Waals surface area contributed by atoms with Gasteiger partial charge in [0.15, 0.2) is 0 Å². The molecule has 0 saturated carbocycles. The lowest BCUT2D eigenvalue weighted by atomic mass is 9.96. The molecule has 1 atom stereocenters. The molecule has 1 aromatic rings. The molecule has 0 fully saturated rings. The lowest BCUT2D eigenvalue weighted by molar-refractivity contribution is -0.137. The fourth-order valence-corrected chi connectivity index (χ4v) is 1.40. The number of hydrogen-bond donors (Lipinski definition) is 1. The quantitative estimate of drug-likeness (QED) is 0.807. The summed E-state index contributed by atoms with van der Waals surface area (Å²) in [6, 6.07) is 4.86. The summed E-state index contributed by atoms with van der Waals surface area (Å²) in [6.07, 6.45) is -0.0417. The summed E-state index contributed by atoms with van der Waals surface area (Å²) in [7, 11) is 0. The lowest BCUT2D eigenvalue weighted by Crippen LogP contribution is -2.04. The predicted octanol–water partition coefficient (Wildman–Crippen LogP) is 2.71. The van der Waals surface area contributed by atoms with Crippen molar-refractivity contribution in [1.29, 1.82) is 0 Å². The average Bonchev–Trinajstić information content (AvgIpc) is 2.01. The maximum Gasteiger partial charge on any atom is 0.303 e. The van der Waals surface area contributed by atoms with Crippen LogP contribution >= 0.6 is 0 Å². The fraction of sp³-hybridized carbons (Fsp3) is 0.364. The number of rotatable bonds is 3. The Morgan fingerprint density at radius 3 is 2.71 bits per heavy atom. The van der Waals surface area contributed by atoms with E-state index in [1.165, 1.54) is 6.07 Å². The van der Waals surface area contributed by atoms with Crippen LogP contribution in [0.15, 0.2) is 18.2 Å². The van der Waals surface area contributed by atoms with Crippen molar-refractivity contribution in [2.75, 3.05) is 0 Å². The van der Waals surface area contributed by atoms with Crippen molar-refractivity contribution >= 4 is 5.97 Å². The third-order valence-electron chi connectivity index (χ3n) is 2.17. The molecule has 1 unspecified atom stereocenters. The van der Waals surface area contributed by atoms with Gasteiger partial charge in [-0.15, -0.1) is 0 Å². The van der Waals surface area contributed by atoms with E-state index in [0.29, 0.717) is 5.56 Å². The van der Waals surface area contributed by atoms with Crippen molar-refractivity contribution in [1.82, 2.24) is 0 Å². The van der Waals surface area contributed by atoms with Gasteiger partial charge in [-0.05, 0) is 30.0 Å². The van der Waals surface area contributed by atoms with E-state index >= 15 is 0 Å². The van der Waals surface area contributed by atoms with E-state index in [4.69, 9.17) is 5.11 Å². The van der Waals surface area contributed by atoms with Crippen molar-refractivity contribution in [3.05, 3.63) is 35.1 Å². The van der Waals surface area contributed by atoms with Crippen LogP contribution in [0.5, 0.6) is 0 Å². The summed E-state index contributed by atoms with van der Waals surface area (Å²) in [6.45, 7) is 3.51. The highest BCUT2D eigenvalue weighted by atomic mass is 19.1. The van der Waals surface area contributed by atoms with Gasteiger partial charge < -0.3 is 5.11 Å². The number of halogens is 1. The van der Waals surface area contributed by atoms with Crippen LogP contribution < -0.4 is 0 Å². The van der Waals surface area contributed by atoms with Gasteiger partial charge in [0.05, 0.1) is 6.42 Å². The number of aryl methyl sites for hydroxylation is 1. The van der Waals surface area contributed by atoms with E-state index in [0.717, 1.165) is 5.56 Å². The van der Waals surface area contributed by atoms with E-state index in [9.17, 15) is 9.18 Å². The minimum Gasteiger partial charge on any atom is -0.481 e. The van der Waals surface area contributed by atoms with Gasteiger partial charge in [0.25, 0.3) is 0 Å². The van der Waals surface area contributed by atoms with E-state index in [1.54, 1.807) is 26.0 Å². The molecule has 0 aromatic heterocycles. The number of aliphatic carboxylic acids is 1. The first-order valence-electron chi connectivity index (χ1n) is 4.48. The van der Waals surface area contributed by atoms with E-state index in [2.05, 4.69) is 0 Å². The number of carbonyl (C=O) groups is 1. The van der Waals surface area contributed by atoms with E-state index in [-0.39, 0.29) is 18.2 Å². The third kappa shape index (κ3) is 2.55. The Morgan fingerprint density at radius 1 is 1.57 bits per heavy atom. The highest BCUT2D eigenvalue weighted by molar-refractivity contribution is 5.68. The van der Waals surface area contributed by atoms with Gasteiger partial charge in [0, 0.05) is 0 Å². The molecule has 0 heterocycles. The first-order valence-corrected chi connectivity index (χ1v) is 4.48. The Kier molecular flexibility index (Phi) is 3.23. The smallest absolute Gasteiger partial charge is 0.303 e. The van der Waals surface area contributed by atoms with E-state index < -0.39 is 5.97 Å². The van der Waals surface area contributed by atoms with Crippen molar-refractivity contribution < 1.29 is 14.3 Å². The van der Waals surface area contributed by atoms with Crippen LogP contribution in [0.2, 0.25) is 0 Å². The molecule has 0 saturated heterocycles. The highest BCUT2D eigenvalue weighted by Gasteiger charge is 2.13. The Morgan fingerprint density at radius 2 is 2.21 bits per heavy atom. The minimum absolute atomic E-state index is 0.0417. The maximum absolute atomic E-state index is 13.4. The lowest BCUT2D eigenvalue weighted by Gasteiger charge is -2.10.